The van der Waals surface area contributed by atoms with E-state index in [1.807, 2.05) is 17.0 Å². The summed E-state index contributed by atoms with van der Waals surface area (Å²) in [6.45, 7) is 11.6. The molecule has 1 N–H and O–H groups in total. The minimum absolute atomic E-state index is 0.340. The van der Waals surface area contributed by atoms with Gasteiger partial charge < -0.3 is 10.0 Å². The SMILES string of the molecule is CC(C)C1CCN(CC(=O)N2CCCC2)CC1.CCc1ccc(O)cc1. The highest BCUT2D eigenvalue weighted by Crippen LogP contribution is 2.24. The Balaban J connectivity index is 0.000000228. The molecular formula is C22H36N2O2. The molecule has 0 aromatic heterocycles. The summed E-state index contributed by atoms with van der Waals surface area (Å²) in [5.41, 5.74) is 1.26. The lowest BCUT2D eigenvalue weighted by Gasteiger charge is -2.34. The van der Waals surface area contributed by atoms with Crippen molar-refractivity contribution in [2.24, 2.45) is 11.8 Å². The summed E-state index contributed by atoms with van der Waals surface area (Å²) in [6, 6.07) is 7.27. The summed E-state index contributed by atoms with van der Waals surface area (Å²) < 4.78 is 0. The molecule has 1 aromatic rings. The lowest BCUT2D eigenvalue weighted by molar-refractivity contribution is -0.131. The number of rotatable bonds is 4. The number of aryl methyl sites for hydroxylation is 1. The van der Waals surface area contributed by atoms with E-state index in [9.17, 15) is 4.79 Å². The van der Waals surface area contributed by atoms with Gasteiger partial charge in [-0.3, -0.25) is 9.69 Å². The van der Waals surface area contributed by atoms with E-state index >= 15 is 0 Å². The second-order valence-corrected chi connectivity index (χ2v) is 7.97. The van der Waals surface area contributed by atoms with Crippen molar-refractivity contribution in [1.82, 2.24) is 9.80 Å². The first kappa shape index (κ1) is 20.8. The third kappa shape index (κ3) is 6.64. The average molecular weight is 361 g/mol. The zero-order valence-electron chi connectivity index (χ0n) is 16.8. The standard InChI is InChI=1S/C14H26N2O.C8H10O/c1-12(2)13-5-9-15(10-6-13)11-14(17)16-7-3-4-8-16;1-2-7-3-5-8(9)6-4-7/h12-13H,3-11H2,1-2H3;3-6,9H,2H2,1H3. The topological polar surface area (TPSA) is 43.8 Å². The maximum atomic E-state index is 12.0. The molecule has 4 heteroatoms. The van der Waals surface area contributed by atoms with E-state index in [0.29, 0.717) is 18.2 Å². The van der Waals surface area contributed by atoms with Crippen molar-refractivity contribution in [3.05, 3.63) is 29.8 Å². The number of carbonyl (C=O) groups excluding carboxylic acids is 1. The van der Waals surface area contributed by atoms with Gasteiger partial charge in [0.25, 0.3) is 0 Å². The van der Waals surface area contributed by atoms with Gasteiger partial charge in [0, 0.05) is 13.1 Å². The Labute approximate surface area is 159 Å². The molecule has 146 valence electrons. The van der Waals surface area contributed by atoms with Crippen LogP contribution in [0.25, 0.3) is 0 Å². The predicted molar refractivity (Wildman–Crippen MR) is 107 cm³/mol. The normalized spacial score (nSPS) is 18.7. The van der Waals surface area contributed by atoms with E-state index in [4.69, 9.17) is 5.11 Å². The van der Waals surface area contributed by atoms with E-state index in [1.54, 1.807) is 12.1 Å². The molecule has 1 aromatic carbocycles. The number of likely N-dealkylation sites (tertiary alicyclic amines) is 2. The molecule has 4 nitrogen and oxygen atoms in total. The van der Waals surface area contributed by atoms with Crippen molar-refractivity contribution < 1.29 is 9.90 Å². The molecule has 0 saturated carbocycles. The first-order valence-electron chi connectivity index (χ1n) is 10.3. The Morgan fingerprint density at radius 2 is 1.65 bits per heavy atom. The number of carbonyl (C=O) groups is 1. The first-order chi connectivity index (χ1) is 12.5. The van der Waals surface area contributed by atoms with Crippen LogP contribution in [0.2, 0.25) is 0 Å². The first-order valence-corrected chi connectivity index (χ1v) is 10.3. The number of aromatic hydroxyl groups is 1. The zero-order valence-corrected chi connectivity index (χ0v) is 16.8. The predicted octanol–water partition coefficient (Wildman–Crippen LogP) is 3.93. The smallest absolute Gasteiger partial charge is 0.236 e. The number of benzene rings is 1. The number of nitrogens with zero attached hydrogens (tertiary/aromatic N) is 2. The Morgan fingerprint density at radius 3 is 2.15 bits per heavy atom. The van der Waals surface area contributed by atoms with Crippen LogP contribution >= 0.6 is 0 Å². The molecule has 2 aliphatic rings. The largest absolute Gasteiger partial charge is 0.508 e. The molecule has 0 atom stereocenters. The van der Waals surface area contributed by atoms with Crippen LogP contribution in [0, 0.1) is 11.8 Å². The van der Waals surface area contributed by atoms with Gasteiger partial charge in [0.1, 0.15) is 5.75 Å². The summed E-state index contributed by atoms with van der Waals surface area (Å²) >= 11 is 0. The molecule has 0 radical (unpaired) electrons. The lowest BCUT2D eigenvalue weighted by atomic mass is 9.87. The van der Waals surface area contributed by atoms with Gasteiger partial charge in [-0.1, -0.05) is 32.9 Å². The van der Waals surface area contributed by atoms with Gasteiger partial charge in [-0.05, 0) is 74.7 Å². The van der Waals surface area contributed by atoms with Crippen LogP contribution < -0.4 is 0 Å². The molecule has 2 aliphatic heterocycles. The summed E-state index contributed by atoms with van der Waals surface area (Å²) in [4.78, 5) is 16.4. The Morgan fingerprint density at radius 1 is 1.08 bits per heavy atom. The third-order valence-corrected chi connectivity index (χ3v) is 5.74. The van der Waals surface area contributed by atoms with Gasteiger partial charge in [-0.25, -0.2) is 0 Å². The van der Waals surface area contributed by atoms with E-state index < -0.39 is 0 Å². The summed E-state index contributed by atoms with van der Waals surface area (Å²) in [6.07, 6.45) is 5.96. The number of hydrogen-bond acceptors (Lipinski definition) is 3. The Hall–Kier alpha value is -1.55. The van der Waals surface area contributed by atoms with Crippen LogP contribution in [-0.2, 0) is 11.2 Å². The molecule has 0 unspecified atom stereocenters. The number of phenols is 1. The van der Waals surface area contributed by atoms with Crippen LogP contribution in [0.15, 0.2) is 24.3 Å². The van der Waals surface area contributed by atoms with Crippen LogP contribution in [0.4, 0.5) is 0 Å². The highest BCUT2D eigenvalue weighted by atomic mass is 16.3. The van der Waals surface area contributed by atoms with Crippen LogP contribution in [0.3, 0.4) is 0 Å². The Bertz CT molecular complexity index is 528. The monoisotopic (exact) mass is 360 g/mol. The fourth-order valence-electron chi connectivity index (χ4n) is 3.77. The van der Waals surface area contributed by atoms with Crippen molar-refractivity contribution in [3.63, 3.8) is 0 Å². The highest BCUT2D eigenvalue weighted by molar-refractivity contribution is 5.78. The Kier molecular flexibility index (Phi) is 8.43. The molecule has 26 heavy (non-hydrogen) atoms. The number of hydrogen-bond donors (Lipinski definition) is 1. The molecule has 2 fully saturated rings. The molecule has 0 spiro atoms. The van der Waals surface area contributed by atoms with Crippen molar-refractivity contribution in [1.29, 1.82) is 0 Å². The van der Waals surface area contributed by atoms with Crippen LogP contribution in [0.5, 0.6) is 5.75 Å². The maximum Gasteiger partial charge on any atom is 0.236 e. The van der Waals surface area contributed by atoms with Gasteiger partial charge in [-0.2, -0.15) is 0 Å². The van der Waals surface area contributed by atoms with Crippen molar-refractivity contribution in [2.45, 2.75) is 52.9 Å². The van der Waals surface area contributed by atoms with Gasteiger partial charge in [-0.15, -0.1) is 0 Å². The van der Waals surface area contributed by atoms with Crippen LogP contribution in [-0.4, -0.2) is 53.5 Å². The molecule has 2 heterocycles. The molecule has 0 bridgehead atoms. The molecular weight excluding hydrogens is 324 g/mol. The van der Waals surface area contributed by atoms with E-state index in [-0.39, 0.29) is 0 Å². The summed E-state index contributed by atoms with van der Waals surface area (Å²) in [7, 11) is 0. The third-order valence-electron chi connectivity index (χ3n) is 5.74. The van der Waals surface area contributed by atoms with Gasteiger partial charge in [0.2, 0.25) is 5.91 Å². The highest BCUT2D eigenvalue weighted by Gasteiger charge is 2.25. The van der Waals surface area contributed by atoms with Crippen molar-refractivity contribution >= 4 is 5.91 Å². The zero-order chi connectivity index (χ0) is 18.9. The number of amides is 1. The van der Waals surface area contributed by atoms with Crippen molar-refractivity contribution in [3.8, 4) is 5.75 Å². The maximum absolute atomic E-state index is 12.0. The summed E-state index contributed by atoms with van der Waals surface area (Å²) in [5.74, 6) is 2.36. The number of piperidine rings is 1. The van der Waals surface area contributed by atoms with Gasteiger partial charge in [0.15, 0.2) is 0 Å². The average Bonchev–Trinajstić information content (AvgIpc) is 3.18. The van der Waals surface area contributed by atoms with Gasteiger partial charge >= 0.3 is 0 Å². The molecule has 0 aliphatic carbocycles. The minimum atomic E-state index is 0.340. The minimum Gasteiger partial charge on any atom is -0.508 e. The van der Waals surface area contributed by atoms with E-state index in [2.05, 4.69) is 25.7 Å². The lowest BCUT2D eigenvalue weighted by Crippen LogP contribution is -2.43. The van der Waals surface area contributed by atoms with E-state index in [0.717, 1.165) is 44.4 Å². The fraction of sp³-hybridized carbons (Fsp3) is 0.682. The quantitative estimate of drug-likeness (QED) is 0.885. The molecule has 2 saturated heterocycles. The summed E-state index contributed by atoms with van der Waals surface area (Å²) in [5, 5.41) is 8.85. The second-order valence-electron chi connectivity index (χ2n) is 7.97. The molecule has 3 rings (SSSR count). The van der Waals surface area contributed by atoms with Crippen molar-refractivity contribution in [2.75, 3.05) is 32.7 Å². The van der Waals surface area contributed by atoms with E-state index in [1.165, 1.54) is 31.2 Å². The fourth-order valence-corrected chi connectivity index (χ4v) is 3.77. The van der Waals surface area contributed by atoms with Gasteiger partial charge in [0.05, 0.1) is 6.54 Å². The molecule has 1 amide bonds. The second kappa shape index (κ2) is 10.6. The number of phenolic OH excluding ortho intramolecular Hbond substituents is 1. The van der Waals surface area contributed by atoms with Crippen LogP contribution in [0.1, 0.15) is 52.0 Å².